The average molecular weight is 387 g/mol. The van der Waals surface area contributed by atoms with Crippen molar-refractivity contribution in [1.82, 2.24) is 24.8 Å². The first kappa shape index (κ1) is 18.6. The number of nitrogens with zero attached hydrogens (tertiary/aromatic N) is 5. The van der Waals surface area contributed by atoms with Gasteiger partial charge in [0.1, 0.15) is 12.4 Å². The lowest BCUT2D eigenvalue weighted by molar-refractivity contribution is 0.303. The zero-order chi connectivity index (χ0) is 20.4. The van der Waals surface area contributed by atoms with Crippen LogP contribution in [-0.4, -0.2) is 24.8 Å². The zero-order valence-electron chi connectivity index (χ0n) is 16.5. The number of benzene rings is 2. The molecule has 7 heteroatoms. The molecule has 4 aromatic rings. The Kier molecular flexibility index (Phi) is 4.95. The van der Waals surface area contributed by atoms with Crippen LogP contribution in [0.2, 0.25) is 0 Å². The molecule has 0 fully saturated rings. The molecule has 0 aliphatic rings. The molecule has 29 heavy (non-hydrogen) atoms. The van der Waals surface area contributed by atoms with Crippen molar-refractivity contribution in [3.05, 3.63) is 88.1 Å². The van der Waals surface area contributed by atoms with Gasteiger partial charge >= 0.3 is 5.69 Å². The Bertz CT molecular complexity index is 1210. The van der Waals surface area contributed by atoms with Crippen molar-refractivity contribution in [1.29, 1.82) is 0 Å². The van der Waals surface area contributed by atoms with Crippen LogP contribution in [0.3, 0.4) is 0 Å². The summed E-state index contributed by atoms with van der Waals surface area (Å²) < 4.78 is 8.53. The first-order chi connectivity index (χ1) is 14.0. The predicted molar refractivity (Wildman–Crippen MR) is 110 cm³/mol. The van der Waals surface area contributed by atoms with Crippen molar-refractivity contribution in [2.45, 2.75) is 20.5 Å². The van der Waals surface area contributed by atoms with E-state index in [9.17, 15) is 4.79 Å². The molecule has 4 rings (SSSR count). The van der Waals surface area contributed by atoms with Crippen molar-refractivity contribution in [2.75, 3.05) is 0 Å². The fourth-order valence-electron chi connectivity index (χ4n) is 3.09. The van der Waals surface area contributed by atoms with Crippen molar-refractivity contribution in [3.63, 3.8) is 0 Å². The van der Waals surface area contributed by atoms with Crippen molar-refractivity contribution in [2.24, 2.45) is 7.05 Å². The molecule has 0 unspecified atom stereocenters. The van der Waals surface area contributed by atoms with E-state index < -0.39 is 0 Å². The summed E-state index contributed by atoms with van der Waals surface area (Å²) in [7, 11) is 1.57. The van der Waals surface area contributed by atoms with E-state index in [0.29, 0.717) is 12.3 Å². The quantitative estimate of drug-likeness (QED) is 0.526. The van der Waals surface area contributed by atoms with E-state index in [0.717, 1.165) is 33.7 Å². The maximum atomic E-state index is 12.2. The Balaban J connectivity index is 1.56. The number of para-hydroxylation sites is 1. The summed E-state index contributed by atoms with van der Waals surface area (Å²) in [6.07, 6.45) is 1.87. The van der Waals surface area contributed by atoms with Crippen LogP contribution in [0.25, 0.3) is 16.8 Å². The number of hydrogen-bond acceptors (Lipinski definition) is 5. The van der Waals surface area contributed by atoms with Gasteiger partial charge in [-0.3, -0.25) is 4.98 Å². The van der Waals surface area contributed by atoms with Gasteiger partial charge in [-0.25, -0.2) is 4.79 Å². The lowest BCUT2D eigenvalue weighted by atomic mass is 10.0. The Morgan fingerprint density at radius 3 is 2.45 bits per heavy atom. The van der Waals surface area contributed by atoms with Gasteiger partial charge in [0.05, 0.1) is 5.69 Å². The third kappa shape index (κ3) is 3.80. The molecule has 0 aliphatic heterocycles. The Morgan fingerprint density at radius 2 is 1.76 bits per heavy atom. The van der Waals surface area contributed by atoms with Gasteiger partial charge in [-0.1, -0.05) is 30.3 Å². The van der Waals surface area contributed by atoms with Gasteiger partial charge in [0.25, 0.3) is 0 Å². The fraction of sp³-hybridized carbons (Fsp3) is 0.182. The van der Waals surface area contributed by atoms with Gasteiger partial charge in [-0.15, -0.1) is 0 Å². The largest absolute Gasteiger partial charge is 0.489 e. The standard InChI is InChI=1S/C22H21N5O2/c1-15-12-17(18-9-8-16(2)23-13-18)10-11-21(15)29-14-19-6-4-5-7-20(19)27-22(28)26(3)24-25-27/h4-13H,14H2,1-3H3. The summed E-state index contributed by atoms with van der Waals surface area (Å²) in [6.45, 7) is 4.30. The van der Waals surface area contributed by atoms with Gasteiger partial charge in [0.15, 0.2) is 0 Å². The Labute approximate surface area is 168 Å². The Hall–Kier alpha value is -3.74. The lowest BCUT2D eigenvalue weighted by Crippen LogP contribution is -2.23. The smallest absolute Gasteiger partial charge is 0.368 e. The lowest BCUT2D eigenvalue weighted by Gasteiger charge is -2.13. The molecule has 2 heterocycles. The highest BCUT2D eigenvalue weighted by molar-refractivity contribution is 5.64. The molecular formula is C22H21N5O2. The summed E-state index contributed by atoms with van der Waals surface area (Å²) in [4.78, 5) is 16.6. The third-order valence-electron chi connectivity index (χ3n) is 4.74. The highest BCUT2D eigenvalue weighted by Gasteiger charge is 2.12. The third-order valence-corrected chi connectivity index (χ3v) is 4.74. The monoisotopic (exact) mass is 387 g/mol. The fourth-order valence-corrected chi connectivity index (χ4v) is 3.09. The first-order valence-corrected chi connectivity index (χ1v) is 9.27. The van der Waals surface area contributed by atoms with Crippen LogP contribution in [0.5, 0.6) is 5.75 Å². The van der Waals surface area contributed by atoms with Crippen molar-refractivity contribution < 1.29 is 4.74 Å². The molecule has 0 bridgehead atoms. The van der Waals surface area contributed by atoms with E-state index in [1.165, 1.54) is 9.36 Å². The van der Waals surface area contributed by atoms with E-state index in [-0.39, 0.29) is 5.69 Å². The number of aromatic nitrogens is 5. The van der Waals surface area contributed by atoms with Crippen molar-refractivity contribution in [3.8, 4) is 22.6 Å². The number of rotatable bonds is 5. The van der Waals surface area contributed by atoms with Crippen LogP contribution in [0.15, 0.2) is 65.6 Å². The molecule has 0 atom stereocenters. The van der Waals surface area contributed by atoms with Crippen molar-refractivity contribution >= 4 is 0 Å². The molecule has 0 saturated carbocycles. The first-order valence-electron chi connectivity index (χ1n) is 9.27. The number of hydrogen-bond donors (Lipinski definition) is 0. The van der Waals surface area contributed by atoms with E-state index in [2.05, 4.69) is 27.5 Å². The molecule has 0 N–H and O–H groups in total. The van der Waals surface area contributed by atoms with Crippen LogP contribution >= 0.6 is 0 Å². The number of ether oxygens (including phenoxy) is 1. The molecule has 146 valence electrons. The number of aryl methyl sites for hydroxylation is 3. The average Bonchev–Trinajstić information content (AvgIpc) is 3.06. The van der Waals surface area contributed by atoms with Crippen LogP contribution in [-0.2, 0) is 13.7 Å². The highest BCUT2D eigenvalue weighted by Crippen LogP contribution is 2.27. The van der Waals surface area contributed by atoms with Crippen LogP contribution in [0, 0.1) is 13.8 Å². The second-order valence-electron chi connectivity index (χ2n) is 6.88. The van der Waals surface area contributed by atoms with Crippen LogP contribution in [0.4, 0.5) is 0 Å². The molecule has 7 nitrogen and oxygen atoms in total. The summed E-state index contributed by atoms with van der Waals surface area (Å²) in [6, 6.07) is 17.6. The molecule has 0 radical (unpaired) electrons. The number of tetrazole rings is 1. The summed E-state index contributed by atoms with van der Waals surface area (Å²) in [5.41, 5.74) is 5.38. The minimum Gasteiger partial charge on any atom is -0.489 e. The van der Waals surface area contributed by atoms with Gasteiger partial charge in [0.2, 0.25) is 0 Å². The van der Waals surface area contributed by atoms with Gasteiger partial charge in [-0.05, 0) is 59.7 Å². The number of pyridine rings is 1. The SMILES string of the molecule is Cc1ccc(-c2ccc(OCc3ccccc3-n3nnn(C)c3=O)c(C)c2)cn1. The minimum atomic E-state index is -0.301. The normalized spacial score (nSPS) is 10.9. The zero-order valence-corrected chi connectivity index (χ0v) is 16.5. The maximum absolute atomic E-state index is 12.2. The minimum absolute atomic E-state index is 0.301. The second-order valence-corrected chi connectivity index (χ2v) is 6.88. The van der Waals surface area contributed by atoms with E-state index in [1.54, 1.807) is 7.05 Å². The summed E-state index contributed by atoms with van der Waals surface area (Å²) in [5, 5.41) is 7.71. The van der Waals surface area contributed by atoms with E-state index in [4.69, 9.17) is 4.74 Å². The van der Waals surface area contributed by atoms with Gasteiger partial charge in [0, 0.05) is 30.1 Å². The topological polar surface area (TPSA) is 74.8 Å². The molecule has 0 aliphatic carbocycles. The van der Waals surface area contributed by atoms with E-state index in [1.807, 2.05) is 62.5 Å². The van der Waals surface area contributed by atoms with E-state index >= 15 is 0 Å². The second kappa shape index (κ2) is 7.71. The molecular weight excluding hydrogens is 366 g/mol. The van der Waals surface area contributed by atoms with Crippen LogP contribution in [0.1, 0.15) is 16.8 Å². The molecule has 2 aromatic heterocycles. The predicted octanol–water partition coefficient (Wildman–Crippen LogP) is 3.22. The molecule has 2 aromatic carbocycles. The Morgan fingerprint density at radius 1 is 0.966 bits per heavy atom. The molecule has 0 saturated heterocycles. The van der Waals surface area contributed by atoms with Crippen LogP contribution < -0.4 is 10.4 Å². The molecule has 0 amide bonds. The molecule has 0 spiro atoms. The highest BCUT2D eigenvalue weighted by atomic mass is 16.5. The van der Waals surface area contributed by atoms with Gasteiger partial charge in [-0.2, -0.15) is 9.36 Å². The summed E-state index contributed by atoms with van der Waals surface area (Å²) >= 11 is 0. The maximum Gasteiger partial charge on any atom is 0.368 e. The van der Waals surface area contributed by atoms with Gasteiger partial charge < -0.3 is 4.74 Å². The summed E-state index contributed by atoms with van der Waals surface area (Å²) in [5.74, 6) is 0.787.